The standard InChI is InChI=1S/C28H24N4O3/c29-27(33)21-9-4-8-20(17-21)22-10-5-11-23-24(15-14-18-12-13-18)32(30-26(22)23)25(28(34)31-35)16-19-6-2-1-3-7-19/h1-11,17-18,25,35H,12-13,16H2,(H2,29,33)(H,31,34). The quantitative estimate of drug-likeness (QED) is 0.229. The summed E-state index contributed by atoms with van der Waals surface area (Å²) in [6.07, 6.45) is 2.45. The highest BCUT2D eigenvalue weighted by atomic mass is 16.5. The molecular formula is C28H24N4O3. The van der Waals surface area contributed by atoms with Crippen LogP contribution in [0, 0.1) is 17.8 Å². The van der Waals surface area contributed by atoms with Gasteiger partial charge < -0.3 is 5.73 Å². The van der Waals surface area contributed by atoms with Crippen molar-refractivity contribution in [2.24, 2.45) is 11.7 Å². The molecule has 0 radical (unpaired) electrons. The molecule has 1 saturated carbocycles. The van der Waals surface area contributed by atoms with E-state index in [2.05, 4.69) is 11.8 Å². The third-order valence-corrected chi connectivity index (χ3v) is 6.14. The molecule has 4 N–H and O–H groups in total. The lowest BCUT2D eigenvalue weighted by Crippen LogP contribution is -2.33. The number of carbonyl (C=O) groups excluding carboxylic acids is 2. The smallest absolute Gasteiger partial charge is 0.268 e. The van der Waals surface area contributed by atoms with Gasteiger partial charge in [-0.05, 0) is 48.1 Å². The summed E-state index contributed by atoms with van der Waals surface area (Å²) < 4.78 is 1.61. The van der Waals surface area contributed by atoms with E-state index < -0.39 is 17.9 Å². The number of fused-ring (bicyclic) bond motifs is 1. The highest BCUT2D eigenvalue weighted by Gasteiger charge is 2.27. The van der Waals surface area contributed by atoms with Crippen LogP contribution >= 0.6 is 0 Å². The van der Waals surface area contributed by atoms with Gasteiger partial charge in [0.15, 0.2) is 0 Å². The first kappa shape index (κ1) is 22.4. The van der Waals surface area contributed by atoms with Crippen LogP contribution in [-0.4, -0.2) is 26.8 Å². The lowest BCUT2D eigenvalue weighted by molar-refractivity contribution is -0.133. The molecule has 1 fully saturated rings. The summed E-state index contributed by atoms with van der Waals surface area (Å²) in [6, 6.07) is 21.6. The molecule has 1 atom stereocenters. The summed E-state index contributed by atoms with van der Waals surface area (Å²) in [4.78, 5) is 24.6. The second kappa shape index (κ2) is 9.45. The van der Waals surface area contributed by atoms with Gasteiger partial charge in [-0.3, -0.25) is 14.8 Å². The molecule has 7 nitrogen and oxygen atoms in total. The number of nitrogens with zero attached hydrogens (tertiary/aromatic N) is 2. The van der Waals surface area contributed by atoms with Gasteiger partial charge in [0.25, 0.3) is 5.91 Å². The SMILES string of the molecule is NC(=O)c1cccc(-c2cccc3c(C#CC4CC4)n(C(Cc4ccccc4)C(=O)NO)nc23)c1. The van der Waals surface area contributed by atoms with E-state index in [1.165, 1.54) is 0 Å². The number of aromatic nitrogens is 2. The Balaban J connectivity index is 1.70. The predicted octanol–water partition coefficient (Wildman–Crippen LogP) is 3.85. The molecule has 1 aliphatic carbocycles. The number of amides is 2. The minimum atomic E-state index is -0.817. The maximum atomic E-state index is 12.8. The number of nitrogens with two attached hydrogens (primary N) is 1. The van der Waals surface area contributed by atoms with Crippen molar-refractivity contribution in [2.75, 3.05) is 0 Å². The number of hydrogen-bond donors (Lipinski definition) is 3. The second-order valence-electron chi connectivity index (χ2n) is 8.67. The molecule has 1 aromatic heterocycles. The van der Waals surface area contributed by atoms with Gasteiger partial charge in [-0.25, -0.2) is 10.2 Å². The van der Waals surface area contributed by atoms with Crippen LogP contribution in [0.2, 0.25) is 0 Å². The van der Waals surface area contributed by atoms with Crippen molar-refractivity contribution in [1.29, 1.82) is 0 Å². The van der Waals surface area contributed by atoms with Gasteiger partial charge in [-0.15, -0.1) is 0 Å². The van der Waals surface area contributed by atoms with Gasteiger partial charge in [0.1, 0.15) is 17.3 Å². The third-order valence-electron chi connectivity index (χ3n) is 6.14. The van der Waals surface area contributed by atoms with Gasteiger partial charge in [0.05, 0.1) is 0 Å². The number of carbonyl (C=O) groups is 2. The van der Waals surface area contributed by atoms with Crippen molar-refractivity contribution in [2.45, 2.75) is 25.3 Å². The Morgan fingerprint density at radius 3 is 2.57 bits per heavy atom. The van der Waals surface area contributed by atoms with Gasteiger partial charge in [0.2, 0.25) is 5.91 Å². The molecule has 174 valence electrons. The topological polar surface area (TPSA) is 110 Å². The molecule has 3 aromatic carbocycles. The highest BCUT2D eigenvalue weighted by molar-refractivity contribution is 5.99. The molecule has 1 unspecified atom stereocenters. The number of primary amides is 1. The van der Waals surface area contributed by atoms with Gasteiger partial charge in [0, 0.05) is 28.9 Å². The molecule has 0 spiro atoms. The summed E-state index contributed by atoms with van der Waals surface area (Å²) in [5, 5.41) is 15.2. The third kappa shape index (κ3) is 4.65. The zero-order valence-electron chi connectivity index (χ0n) is 18.9. The average Bonchev–Trinajstić information content (AvgIpc) is 3.65. The molecule has 4 aromatic rings. The molecule has 0 aliphatic heterocycles. The number of nitrogens with one attached hydrogen (secondary N) is 1. The summed E-state index contributed by atoms with van der Waals surface area (Å²) in [5.74, 6) is 5.81. The van der Waals surface area contributed by atoms with E-state index in [0.29, 0.717) is 29.1 Å². The maximum Gasteiger partial charge on any atom is 0.268 e. The monoisotopic (exact) mass is 464 g/mol. The fourth-order valence-electron chi connectivity index (χ4n) is 4.15. The molecule has 35 heavy (non-hydrogen) atoms. The van der Waals surface area contributed by atoms with Crippen LogP contribution < -0.4 is 11.2 Å². The Labute approximate surface area is 202 Å². The lowest BCUT2D eigenvalue weighted by atomic mass is 10.00. The Kier molecular flexibility index (Phi) is 6.04. The van der Waals surface area contributed by atoms with Crippen molar-refractivity contribution in [3.8, 4) is 23.0 Å². The highest BCUT2D eigenvalue weighted by Crippen LogP contribution is 2.33. The summed E-state index contributed by atoms with van der Waals surface area (Å²) in [7, 11) is 0. The molecule has 5 rings (SSSR count). The number of hydroxylamine groups is 1. The van der Waals surface area contributed by atoms with Gasteiger partial charge in [-0.2, -0.15) is 5.10 Å². The first-order valence-electron chi connectivity index (χ1n) is 11.5. The van der Waals surface area contributed by atoms with Crippen LogP contribution in [0.1, 0.15) is 40.5 Å². The van der Waals surface area contributed by atoms with E-state index in [9.17, 15) is 14.8 Å². The minimum absolute atomic E-state index is 0.325. The van der Waals surface area contributed by atoms with Crippen LogP contribution in [0.4, 0.5) is 0 Å². The van der Waals surface area contributed by atoms with E-state index in [4.69, 9.17) is 10.8 Å². The lowest BCUT2D eigenvalue weighted by Gasteiger charge is -2.17. The summed E-state index contributed by atoms with van der Waals surface area (Å²) in [5.41, 5.74) is 11.5. The predicted molar refractivity (Wildman–Crippen MR) is 132 cm³/mol. The zero-order chi connectivity index (χ0) is 24.4. The molecule has 0 saturated heterocycles. The van der Waals surface area contributed by atoms with Crippen molar-refractivity contribution < 1.29 is 14.8 Å². The zero-order valence-corrected chi connectivity index (χ0v) is 18.9. The maximum absolute atomic E-state index is 12.8. The van der Waals surface area contributed by atoms with Crippen molar-refractivity contribution in [1.82, 2.24) is 15.3 Å². The second-order valence-corrected chi connectivity index (χ2v) is 8.67. The van der Waals surface area contributed by atoms with E-state index in [-0.39, 0.29) is 0 Å². The minimum Gasteiger partial charge on any atom is -0.366 e. The van der Waals surface area contributed by atoms with Gasteiger partial charge >= 0.3 is 0 Å². The molecule has 2 amide bonds. The number of hydrogen-bond acceptors (Lipinski definition) is 4. The first-order chi connectivity index (χ1) is 17.0. The van der Waals surface area contributed by atoms with Crippen LogP contribution in [0.5, 0.6) is 0 Å². The number of benzene rings is 3. The van der Waals surface area contributed by atoms with Crippen LogP contribution in [0.15, 0.2) is 72.8 Å². The fraction of sp³-hybridized carbons (Fsp3) is 0.179. The van der Waals surface area contributed by atoms with Crippen molar-refractivity contribution in [3.05, 3.63) is 89.6 Å². The first-order valence-corrected chi connectivity index (χ1v) is 11.5. The largest absolute Gasteiger partial charge is 0.366 e. The van der Waals surface area contributed by atoms with E-state index in [1.54, 1.807) is 28.4 Å². The summed E-state index contributed by atoms with van der Waals surface area (Å²) in [6.45, 7) is 0. The van der Waals surface area contributed by atoms with Crippen LogP contribution in [-0.2, 0) is 11.2 Å². The van der Waals surface area contributed by atoms with Crippen LogP contribution in [0.25, 0.3) is 22.0 Å². The van der Waals surface area contributed by atoms with Crippen LogP contribution in [0.3, 0.4) is 0 Å². The molecule has 1 aliphatic rings. The fourth-order valence-corrected chi connectivity index (χ4v) is 4.15. The number of rotatable bonds is 6. The normalized spacial score (nSPS) is 13.6. The molecule has 0 bridgehead atoms. The Bertz CT molecular complexity index is 1480. The Hall–Kier alpha value is -4.41. The van der Waals surface area contributed by atoms with Crippen molar-refractivity contribution in [3.63, 3.8) is 0 Å². The average molecular weight is 465 g/mol. The Morgan fingerprint density at radius 1 is 1.09 bits per heavy atom. The van der Waals surface area contributed by atoms with Gasteiger partial charge in [-0.1, -0.05) is 60.5 Å². The van der Waals surface area contributed by atoms with E-state index >= 15 is 0 Å². The molecular weight excluding hydrogens is 440 g/mol. The molecule has 1 heterocycles. The van der Waals surface area contributed by atoms with Crippen molar-refractivity contribution >= 4 is 22.7 Å². The van der Waals surface area contributed by atoms with E-state index in [0.717, 1.165) is 34.9 Å². The van der Waals surface area contributed by atoms with E-state index in [1.807, 2.05) is 54.6 Å². The molecule has 7 heteroatoms. The summed E-state index contributed by atoms with van der Waals surface area (Å²) >= 11 is 0. The Morgan fingerprint density at radius 2 is 1.86 bits per heavy atom.